The van der Waals surface area contributed by atoms with Gasteiger partial charge in [-0.3, -0.25) is 4.79 Å². The lowest BCUT2D eigenvalue weighted by Gasteiger charge is -2.11. The van der Waals surface area contributed by atoms with Crippen molar-refractivity contribution in [1.29, 1.82) is 0 Å². The van der Waals surface area contributed by atoms with Crippen LogP contribution in [0.25, 0.3) is 0 Å². The van der Waals surface area contributed by atoms with Crippen LogP contribution in [0.4, 0.5) is 4.39 Å². The van der Waals surface area contributed by atoms with E-state index in [-0.39, 0.29) is 11.7 Å². The lowest BCUT2D eigenvalue weighted by atomic mass is 10.2. The van der Waals surface area contributed by atoms with Crippen LogP contribution in [-0.2, 0) is 4.74 Å². The van der Waals surface area contributed by atoms with Crippen molar-refractivity contribution in [1.82, 2.24) is 0 Å². The summed E-state index contributed by atoms with van der Waals surface area (Å²) in [5, 5.41) is 0. The molecule has 1 aliphatic heterocycles. The Hall–Kier alpha value is -1.42. The Bertz CT molecular complexity index is 359. The van der Waals surface area contributed by atoms with E-state index in [2.05, 4.69) is 0 Å². The van der Waals surface area contributed by atoms with Gasteiger partial charge in [0.15, 0.2) is 6.29 Å². The van der Waals surface area contributed by atoms with E-state index in [1.54, 1.807) is 0 Å². The molecule has 2 rings (SSSR count). The Morgan fingerprint density at radius 1 is 1.53 bits per heavy atom. The van der Waals surface area contributed by atoms with Gasteiger partial charge < -0.3 is 9.47 Å². The first-order valence-corrected chi connectivity index (χ1v) is 4.79. The summed E-state index contributed by atoms with van der Waals surface area (Å²) in [5.41, 5.74) is 0.0198. The number of carbonyl (C=O) groups is 1. The average Bonchev–Trinajstić information content (AvgIpc) is 2.73. The third-order valence-electron chi connectivity index (χ3n) is 2.29. The minimum atomic E-state index is -0.528. The van der Waals surface area contributed by atoms with Crippen LogP contribution in [0.3, 0.4) is 0 Å². The Labute approximate surface area is 86.8 Å². The van der Waals surface area contributed by atoms with Gasteiger partial charge in [0, 0.05) is 6.42 Å². The predicted octanol–water partition coefficient (Wildman–Crippen LogP) is 1.81. The summed E-state index contributed by atoms with van der Waals surface area (Å²) in [7, 11) is 0. The Morgan fingerprint density at radius 2 is 2.40 bits per heavy atom. The molecule has 1 fully saturated rings. The summed E-state index contributed by atoms with van der Waals surface area (Å²) >= 11 is 0. The number of aldehydes is 1. The topological polar surface area (TPSA) is 35.5 Å². The molecular formula is C11H11FO3. The molecule has 1 saturated heterocycles. The molecule has 15 heavy (non-hydrogen) atoms. The Balaban J connectivity index is 2.10. The van der Waals surface area contributed by atoms with Crippen LogP contribution >= 0.6 is 0 Å². The van der Waals surface area contributed by atoms with Crippen LogP contribution in [-0.4, -0.2) is 25.6 Å². The third kappa shape index (κ3) is 2.33. The number of hydrogen-bond donors (Lipinski definition) is 0. The third-order valence-corrected chi connectivity index (χ3v) is 2.29. The second-order valence-electron chi connectivity index (χ2n) is 3.40. The number of rotatable bonds is 3. The highest BCUT2D eigenvalue weighted by Crippen LogP contribution is 2.19. The van der Waals surface area contributed by atoms with Crippen LogP contribution in [0.1, 0.15) is 16.8 Å². The van der Waals surface area contributed by atoms with Crippen LogP contribution in [0.5, 0.6) is 5.75 Å². The van der Waals surface area contributed by atoms with E-state index in [0.29, 0.717) is 25.2 Å². The summed E-state index contributed by atoms with van der Waals surface area (Å²) in [6.45, 7) is 1.24. The van der Waals surface area contributed by atoms with E-state index in [4.69, 9.17) is 9.47 Å². The quantitative estimate of drug-likeness (QED) is 0.714. The minimum absolute atomic E-state index is 0.00923. The highest BCUT2D eigenvalue weighted by Gasteiger charge is 2.17. The monoisotopic (exact) mass is 210 g/mol. The lowest BCUT2D eigenvalue weighted by molar-refractivity contribution is 0.111. The molecule has 0 spiro atoms. The average molecular weight is 210 g/mol. The van der Waals surface area contributed by atoms with E-state index in [0.717, 1.165) is 6.42 Å². The normalized spacial score (nSPS) is 20.2. The molecule has 0 aromatic heterocycles. The van der Waals surface area contributed by atoms with E-state index in [1.165, 1.54) is 18.2 Å². The smallest absolute Gasteiger partial charge is 0.153 e. The van der Waals surface area contributed by atoms with E-state index >= 15 is 0 Å². The van der Waals surface area contributed by atoms with Crippen molar-refractivity contribution < 1.29 is 18.7 Å². The molecule has 0 saturated carbocycles. The molecule has 1 aromatic rings. The van der Waals surface area contributed by atoms with Gasteiger partial charge >= 0.3 is 0 Å². The molecular weight excluding hydrogens is 199 g/mol. The molecule has 80 valence electrons. The van der Waals surface area contributed by atoms with Crippen molar-refractivity contribution >= 4 is 6.29 Å². The zero-order valence-corrected chi connectivity index (χ0v) is 8.11. The van der Waals surface area contributed by atoms with Gasteiger partial charge in [0.2, 0.25) is 0 Å². The fourth-order valence-electron chi connectivity index (χ4n) is 1.48. The first-order chi connectivity index (χ1) is 7.29. The second kappa shape index (κ2) is 4.40. The zero-order valence-electron chi connectivity index (χ0n) is 8.11. The maximum atomic E-state index is 13.0. The fraction of sp³-hybridized carbons (Fsp3) is 0.364. The number of ether oxygens (including phenoxy) is 2. The van der Waals surface area contributed by atoms with E-state index in [1.807, 2.05) is 0 Å². The molecule has 0 aliphatic carbocycles. The minimum Gasteiger partial charge on any atom is -0.488 e. The van der Waals surface area contributed by atoms with Crippen molar-refractivity contribution in [2.75, 3.05) is 13.2 Å². The molecule has 3 nitrogen and oxygen atoms in total. The summed E-state index contributed by atoms with van der Waals surface area (Å²) in [6, 6.07) is 4.15. The summed E-state index contributed by atoms with van der Waals surface area (Å²) in [6.07, 6.45) is 1.32. The van der Waals surface area contributed by atoms with Crippen molar-refractivity contribution in [3.63, 3.8) is 0 Å². The Morgan fingerprint density at radius 3 is 3.07 bits per heavy atom. The molecule has 1 heterocycles. The molecule has 0 unspecified atom stereocenters. The van der Waals surface area contributed by atoms with Gasteiger partial charge in [-0.25, -0.2) is 4.39 Å². The van der Waals surface area contributed by atoms with Gasteiger partial charge in [0.05, 0.1) is 18.8 Å². The number of benzene rings is 1. The van der Waals surface area contributed by atoms with Gasteiger partial charge in [-0.05, 0) is 18.2 Å². The van der Waals surface area contributed by atoms with Crippen LogP contribution in [0.15, 0.2) is 18.2 Å². The molecule has 0 bridgehead atoms. The Kier molecular flexibility index (Phi) is 2.97. The summed E-state index contributed by atoms with van der Waals surface area (Å²) < 4.78 is 23.6. The van der Waals surface area contributed by atoms with Crippen LogP contribution in [0, 0.1) is 5.82 Å². The highest BCUT2D eigenvalue weighted by atomic mass is 19.1. The van der Waals surface area contributed by atoms with Crippen LogP contribution in [0.2, 0.25) is 0 Å². The molecule has 1 aliphatic rings. The predicted molar refractivity (Wildman–Crippen MR) is 51.6 cm³/mol. The highest BCUT2D eigenvalue weighted by molar-refractivity contribution is 5.75. The summed E-state index contributed by atoms with van der Waals surface area (Å²) in [5.74, 6) is -0.0194. The van der Waals surface area contributed by atoms with E-state index in [9.17, 15) is 9.18 Å². The van der Waals surface area contributed by atoms with Gasteiger partial charge in [0.25, 0.3) is 0 Å². The maximum absolute atomic E-state index is 13.0. The first-order valence-electron chi connectivity index (χ1n) is 4.79. The number of carbonyl (C=O) groups excluding carboxylic acids is 1. The largest absolute Gasteiger partial charge is 0.488 e. The molecule has 4 heteroatoms. The van der Waals surface area contributed by atoms with Crippen molar-refractivity contribution in [2.45, 2.75) is 12.5 Å². The standard InChI is InChI=1S/C11H11FO3/c12-11-2-1-9(5-8(11)6-13)15-10-3-4-14-7-10/h1-2,5-6,10H,3-4,7H2/t10-/m0/s1. The fourth-order valence-corrected chi connectivity index (χ4v) is 1.48. The van der Waals surface area contributed by atoms with Crippen LogP contribution < -0.4 is 4.74 Å². The van der Waals surface area contributed by atoms with Crippen molar-refractivity contribution in [3.05, 3.63) is 29.6 Å². The number of hydrogen-bond acceptors (Lipinski definition) is 3. The molecule has 1 aromatic carbocycles. The first kappa shape index (κ1) is 10.1. The van der Waals surface area contributed by atoms with Gasteiger partial charge in [-0.2, -0.15) is 0 Å². The molecule has 0 N–H and O–H groups in total. The van der Waals surface area contributed by atoms with Crippen molar-refractivity contribution in [3.8, 4) is 5.75 Å². The second-order valence-corrected chi connectivity index (χ2v) is 3.40. The zero-order chi connectivity index (χ0) is 10.7. The van der Waals surface area contributed by atoms with Crippen molar-refractivity contribution in [2.24, 2.45) is 0 Å². The lowest BCUT2D eigenvalue weighted by Crippen LogP contribution is -2.15. The van der Waals surface area contributed by atoms with Gasteiger partial charge in [-0.15, -0.1) is 0 Å². The molecule has 0 radical (unpaired) electrons. The van der Waals surface area contributed by atoms with E-state index < -0.39 is 5.82 Å². The number of halogens is 1. The molecule has 0 amide bonds. The SMILES string of the molecule is O=Cc1cc(O[C@H]2CCOC2)ccc1F. The molecule has 1 atom stereocenters. The van der Waals surface area contributed by atoms with Gasteiger partial charge in [-0.1, -0.05) is 0 Å². The maximum Gasteiger partial charge on any atom is 0.153 e. The summed E-state index contributed by atoms with van der Waals surface area (Å²) in [4.78, 5) is 10.5. The van der Waals surface area contributed by atoms with Gasteiger partial charge in [0.1, 0.15) is 17.7 Å².